The lowest BCUT2D eigenvalue weighted by Crippen LogP contribution is -2.25. The number of halogens is 2. The van der Waals surface area contributed by atoms with E-state index in [0.717, 1.165) is 31.0 Å². The van der Waals surface area contributed by atoms with E-state index in [-0.39, 0.29) is 10.5 Å². The van der Waals surface area contributed by atoms with Crippen molar-refractivity contribution in [2.45, 2.75) is 31.6 Å². The minimum atomic E-state index is -3.99. The van der Waals surface area contributed by atoms with Crippen LogP contribution in [0, 0.1) is 11.7 Å². The molecule has 0 bridgehead atoms. The number of carbonyl (C=O) groups excluding carboxylic acids is 1. The van der Waals surface area contributed by atoms with Crippen molar-refractivity contribution in [1.82, 2.24) is 5.32 Å². The monoisotopic (exact) mass is 321 g/mol. The molecule has 0 aliphatic carbocycles. The average molecular weight is 322 g/mol. The zero-order chi connectivity index (χ0) is 15.3. The Morgan fingerprint density at radius 3 is 2.60 bits per heavy atom. The molecule has 4 nitrogen and oxygen atoms in total. The molecule has 0 saturated heterocycles. The Balaban J connectivity index is 2.77. The van der Waals surface area contributed by atoms with E-state index in [4.69, 9.17) is 10.7 Å². The van der Waals surface area contributed by atoms with Crippen LogP contribution in [-0.2, 0) is 9.05 Å². The summed E-state index contributed by atoms with van der Waals surface area (Å²) in [4.78, 5) is 11.5. The Hall–Kier alpha value is -1.14. The van der Waals surface area contributed by atoms with Crippen LogP contribution in [0.3, 0.4) is 0 Å². The van der Waals surface area contributed by atoms with Crippen LogP contribution in [-0.4, -0.2) is 20.9 Å². The molecule has 20 heavy (non-hydrogen) atoms. The summed E-state index contributed by atoms with van der Waals surface area (Å²) in [6.07, 6.45) is 1.72. The second kappa shape index (κ2) is 7.04. The first-order valence-corrected chi connectivity index (χ1v) is 8.55. The number of carbonyl (C=O) groups is 1. The summed E-state index contributed by atoms with van der Waals surface area (Å²) in [5, 5.41) is 2.56. The van der Waals surface area contributed by atoms with Crippen molar-refractivity contribution in [1.29, 1.82) is 0 Å². The van der Waals surface area contributed by atoms with Gasteiger partial charge in [-0.3, -0.25) is 4.79 Å². The van der Waals surface area contributed by atoms with Gasteiger partial charge in [-0.1, -0.05) is 13.8 Å². The van der Waals surface area contributed by atoms with E-state index in [1.165, 1.54) is 0 Å². The van der Waals surface area contributed by atoms with Crippen LogP contribution in [0.5, 0.6) is 0 Å². The molecule has 0 aliphatic rings. The lowest BCUT2D eigenvalue weighted by molar-refractivity contribution is 0.0948. The van der Waals surface area contributed by atoms with Crippen molar-refractivity contribution >= 4 is 25.6 Å². The zero-order valence-electron chi connectivity index (χ0n) is 11.3. The van der Waals surface area contributed by atoms with Crippen LogP contribution in [0.4, 0.5) is 4.39 Å². The molecule has 1 aromatic rings. The van der Waals surface area contributed by atoms with Gasteiger partial charge in [0.2, 0.25) is 0 Å². The molecular weight excluding hydrogens is 305 g/mol. The smallest absolute Gasteiger partial charge is 0.261 e. The summed E-state index contributed by atoms with van der Waals surface area (Å²) in [7, 11) is 1.18. The molecule has 0 spiro atoms. The third-order valence-electron chi connectivity index (χ3n) is 2.71. The Kier molecular flexibility index (Phi) is 5.95. The van der Waals surface area contributed by atoms with Gasteiger partial charge in [-0.05, 0) is 37.0 Å². The quantitative estimate of drug-likeness (QED) is 0.647. The van der Waals surface area contributed by atoms with Crippen LogP contribution in [0.15, 0.2) is 23.1 Å². The fourth-order valence-corrected chi connectivity index (χ4v) is 2.41. The second-order valence-electron chi connectivity index (χ2n) is 4.87. The van der Waals surface area contributed by atoms with Gasteiger partial charge in [0.1, 0.15) is 5.82 Å². The largest absolute Gasteiger partial charge is 0.352 e. The molecule has 1 amide bonds. The molecule has 1 rings (SSSR count). The van der Waals surface area contributed by atoms with Crippen molar-refractivity contribution in [3.05, 3.63) is 29.6 Å². The first-order chi connectivity index (χ1) is 9.21. The van der Waals surface area contributed by atoms with Gasteiger partial charge in [-0.25, -0.2) is 12.8 Å². The molecule has 112 valence electrons. The molecule has 0 aromatic heterocycles. The molecule has 0 radical (unpaired) electrons. The predicted octanol–water partition coefficient (Wildman–Crippen LogP) is 2.92. The Morgan fingerprint density at radius 1 is 1.40 bits per heavy atom. The van der Waals surface area contributed by atoms with Crippen molar-refractivity contribution in [2.24, 2.45) is 5.92 Å². The normalized spacial score (nSPS) is 11.7. The van der Waals surface area contributed by atoms with Crippen LogP contribution in [0.25, 0.3) is 0 Å². The predicted molar refractivity (Wildman–Crippen MR) is 75.8 cm³/mol. The maximum absolute atomic E-state index is 13.5. The number of hydrogen-bond acceptors (Lipinski definition) is 3. The van der Waals surface area contributed by atoms with E-state index < -0.39 is 20.8 Å². The van der Waals surface area contributed by atoms with E-state index in [1.807, 2.05) is 0 Å². The van der Waals surface area contributed by atoms with E-state index in [1.54, 1.807) is 0 Å². The van der Waals surface area contributed by atoms with E-state index in [9.17, 15) is 17.6 Å². The van der Waals surface area contributed by atoms with Crippen molar-refractivity contribution < 1.29 is 17.6 Å². The average Bonchev–Trinajstić information content (AvgIpc) is 2.33. The number of hydrogen-bond donors (Lipinski definition) is 1. The maximum atomic E-state index is 13.5. The number of benzene rings is 1. The van der Waals surface area contributed by atoms with Crippen molar-refractivity contribution in [3.8, 4) is 0 Å². The molecule has 0 aliphatic heterocycles. The van der Waals surface area contributed by atoms with Crippen molar-refractivity contribution in [3.63, 3.8) is 0 Å². The highest BCUT2D eigenvalue weighted by Gasteiger charge is 2.17. The van der Waals surface area contributed by atoms with Crippen LogP contribution in [0.2, 0.25) is 0 Å². The van der Waals surface area contributed by atoms with Gasteiger partial charge < -0.3 is 5.32 Å². The molecular formula is C13H17ClFNO3S. The Labute approximate surface area is 122 Å². The van der Waals surface area contributed by atoms with Crippen LogP contribution >= 0.6 is 10.7 Å². The van der Waals surface area contributed by atoms with Crippen LogP contribution < -0.4 is 5.32 Å². The van der Waals surface area contributed by atoms with Gasteiger partial charge >= 0.3 is 0 Å². The molecule has 0 atom stereocenters. The molecule has 7 heteroatoms. The summed E-state index contributed by atoms with van der Waals surface area (Å²) in [5.41, 5.74) is -0.323. The fourth-order valence-electron chi connectivity index (χ4n) is 1.64. The highest BCUT2D eigenvalue weighted by molar-refractivity contribution is 8.13. The number of nitrogens with one attached hydrogen (secondary N) is 1. The summed E-state index contributed by atoms with van der Waals surface area (Å²) in [6.45, 7) is 4.54. The van der Waals surface area contributed by atoms with Gasteiger partial charge in [-0.15, -0.1) is 0 Å². The van der Waals surface area contributed by atoms with Gasteiger partial charge in [0.25, 0.3) is 15.0 Å². The number of amides is 1. The lowest BCUT2D eigenvalue weighted by Gasteiger charge is -2.08. The molecule has 1 aromatic carbocycles. The van der Waals surface area contributed by atoms with E-state index >= 15 is 0 Å². The highest BCUT2D eigenvalue weighted by atomic mass is 35.7. The maximum Gasteiger partial charge on any atom is 0.261 e. The molecule has 0 saturated carbocycles. The zero-order valence-corrected chi connectivity index (χ0v) is 12.9. The molecule has 0 heterocycles. The molecule has 0 unspecified atom stereocenters. The fraction of sp³-hybridized carbons (Fsp3) is 0.462. The summed E-state index contributed by atoms with van der Waals surface area (Å²) in [5.74, 6) is -0.905. The van der Waals surface area contributed by atoms with E-state index in [0.29, 0.717) is 12.5 Å². The Bertz CT molecular complexity index is 587. The van der Waals surface area contributed by atoms with Gasteiger partial charge in [0.05, 0.1) is 10.5 Å². The standard InChI is InChI=1S/C13H17ClFNO3S/c1-9(2)4-3-7-16-13(17)11-8-10(20(14,18)19)5-6-12(11)15/h5-6,8-9H,3-4,7H2,1-2H3,(H,16,17). The van der Waals surface area contributed by atoms with Crippen molar-refractivity contribution in [2.75, 3.05) is 6.54 Å². The minimum Gasteiger partial charge on any atom is -0.352 e. The molecule has 0 fully saturated rings. The lowest BCUT2D eigenvalue weighted by atomic mass is 10.1. The summed E-state index contributed by atoms with van der Waals surface area (Å²) < 4.78 is 35.9. The highest BCUT2D eigenvalue weighted by Crippen LogP contribution is 2.18. The first kappa shape index (κ1) is 16.9. The van der Waals surface area contributed by atoms with Crippen LogP contribution in [0.1, 0.15) is 37.0 Å². The first-order valence-electron chi connectivity index (χ1n) is 6.24. The SMILES string of the molecule is CC(C)CCCNC(=O)c1cc(S(=O)(=O)Cl)ccc1F. The molecule has 1 N–H and O–H groups in total. The van der Waals surface area contributed by atoms with Gasteiger partial charge in [0.15, 0.2) is 0 Å². The third kappa shape index (κ3) is 5.09. The van der Waals surface area contributed by atoms with E-state index in [2.05, 4.69) is 19.2 Å². The third-order valence-corrected chi connectivity index (χ3v) is 4.06. The summed E-state index contributed by atoms with van der Waals surface area (Å²) >= 11 is 0. The number of rotatable bonds is 6. The second-order valence-corrected chi connectivity index (χ2v) is 7.44. The van der Waals surface area contributed by atoms with Gasteiger partial charge in [0, 0.05) is 17.2 Å². The van der Waals surface area contributed by atoms with Gasteiger partial charge in [-0.2, -0.15) is 0 Å². The topological polar surface area (TPSA) is 63.2 Å². The Morgan fingerprint density at radius 2 is 2.05 bits per heavy atom. The summed E-state index contributed by atoms with van der Waals surface area (Å²) in [6, 6.07) is 2.88. The minimum absolute atomic E-state index is 0.298.